The molecular formula is C20H31NO6. The number of hydrogen-bond acceptors (Lipinski definition) is 6. The summed E-state index contributed by atoms with van der Waals surface area (Å²) in [5.41, 5.74) is 0.938. The molecule has 27 heavy (non-hydrogen) atoms. The first-order valence-electron chi connectivity index (χ1n) is 9.48. The molecule has 1 amide bonds. The van der Waals surface area contributed by atoms with Crippen LogP contribution in [-0.2, 0) is 30.3 Å². The molecule has 0 radical (unpaired) electrons. The third kappa shape index (κ3) is 13.7. The zero-order chi connectivity index (χ0) is 19.6. The van der Waals surface area contributed by atoms with Gasteiger partial charge in [-0.05, 0) is 12.0 Å². The summed E-state index contributed by atoms with van der Waals surface area (Å²) in [6, 6.07) is 9.48. The van der Waals surface area contributed by atoms with E-state index in [4.69, 9.17) is 18.9 Å². The highest BCUT2D eigenvalue weighted by molar-refractivity contribution is 5.69. The van der Waals surface area contributed by atoms with Crippen LogP contribution in [-0.4, -0.2) is 51.6 Å². The van der Waals surface area contributed by atoms with Crippen molar-refractivity contribution >= 4 is 12.1 Å². The Bertz CT molecular complexity index is 508. The highest BCUT2D eigenvalue weighted by atomic mass is 16.6. The second-order valence-corrected chi connectivity index (χ2v) is 5.89. The SMILES string of the molecule is CCCCCC(=O)OCCOCCOCCNC(=O)OCc1ccccc1. The summed E-state index contributed by atoms with van der Waals surface area (Å²) in [4.78, 5) is 22.9. The lowest BCUT2D eigenvalue weighted by Crippen LogP contribution is -2.28. The van der Waals surface area contributed by atoms with E-state index in [0.29, 0.717) is 39.4 Å². The molecule has 0 atom stereocenters. The van der Waals surface area contributed by atoms with Crippen molar-refractivity contribution in [1.82, 2.24) is 5.32 Å². The van der Waals surface area contributed by atoms with Gasteiger partial charge in [-0.2, -0.15) is 0 Å². The fourth-order valence-electron chi connectivity index (χ4n) is 2.13. The zero-order valence-electron chi connectivity index (χ0n) is 16.1. The summed E-state index contributed by atoms with van der Waals surface area (Å²) in [7, 11) is 0. The fourth-order valence-corrected chi connectivity index (χ4v) is 2.13. The van der Waals surface area contributed by atoms with Gasteiger partial charge < -0.3 is 24.3 Å². The van der Waals surface area contributed by atoms with E-state index in [-0.39, 0.29) is 19.2 Å². The fraction of sp³-hybridized carbons (Fsp3) is 0.600. The van der Waals surface area contributed by atoms with Crippen molar-refractivity contribution in [2.45, 2.75) is 39.2 Å². The van der Waals surface area contributed by atoms with Crippen molar-refractivity contribution in [3.05, 3.63) is 35.9 Å². The predicted molar refractivity (Wildman–Crippen MR) is 101 cm³/mol. The Morgan fingerprint density at radius 3 is 2.33 bits per heavy atom. The first kappa shape index (κ1) is 22.9. The number of rotatable bonds is 15. The monoisotopic (exact) mass is 381 g/mol. The molecule has 0 saturated heterocycles. The second kappa shape index (κ2) is 16.1. The maximum atomic E-state index is 11.5. The van der Waals surface area contributed by atoms with Crippen LogP contribution in [0.1, 0.15) is 38.2 Å². The van der Waals surface area contributed by atoms with E-state index >= 15 is 0 Å². The van der Waals surface area contributed by atoms with Crippen molar-refractivity contribution in [1.29, 1.82) is 0 Å². The van der Waals surface area contributed by atoms with Gasteiger partial charge in [-0.3, -0.25) is 4.79 Å². The van der Waals surface area contributed by atoms with E-state index in [0.717, 1.165) is 24.8 Å². The Balaban J connectivity index is 1.83. The quantitative estimate of drug-likeness (QED) is 0.371. The van der Waals surface area contributed by atoms with Crippen LogP contribution in [0.2, 0.25) is 0 Å². The van der Waals surface area contributed by atoms with Gasteiger partial charge in [-0.25, -0.2) is 4.79 Å². The van der Waals surface area contributed by atoms with E-state index < -0.39 is 6.09 Å². The highest BCUT2D eigenvalue weighted by Crippen LogP contribution is 2.01. The maximum absolute atomic E-state index is 11.5. The van der Waals surface area contributed by atoms with Gasteiger partial charge >= 0.3 is 12.1 Å². The van der Waals surface area contributed by atoms with E-state index in [1.54, 1.807) is 0 Å². The number of nitrogens with one attached hydrogen (secondary N) is 1. The molecule has 1 aromatic rings. The predicted octanol–water partition coefficient (Wildman–Crippen LogP) is 3.07. The molecule has 0 unspecified atom stereocenters. The summed E-state index contributed by atoms with van der Waals surface area (Å²) >= 11 is 0. The molecule has 0 aliphatic heterocycles. The number of unbranched alkanes of at least 4 members (excludes halogenated alkanes) is 2. The van der Waals surface area contributed by atoms with Gasteiger partial charge in [0.25, 0.3) is 0 Å². The minimum atomic E-state index is -0.473. The lowest BCUT2D eigenvalue weighted by Gasteiger charge is -2.08. The van der Waals surface area contributed by atoms with Crippen molar-refractivity contribution in [2.75, 3.05) is 39.6 Å². The van der Waals surface area contributed by atoms with Crippen molar-refractivity contribution < 1.29 is 28.5 Å². The topological polar surface area (TPSA) is 83.1 Å². The van der Waals surface area contributed by atoms with Gasteiger partial charge in [0.15, 0.2) is 0 Å². The molecule has 0 heterocycles. The molecule has 0 fully saturated rings. The number of alkyl carbamates (subject to hydrolysis) is 1. The first-order valence-corrected chi connectivity index (χ1v) is 9.48. The largest absolute Gasteiger partial charge is 0.463 e. The number of amides is 1. The number of esters is 1. The third-order valence-corrected chi connectivity index (χ3v) is 3.58. The second-order valence-electron chi connectivity index (χ2n) is 5.89. The van der Waals surface area contributed by atoms with Crippen LogP contribution in [0.5, 0.6) is 0 Å². The normalized spacial score (nSPS) is 10.4. The molecule has 7 nitrogen and oxygen atoms in total. The van der Waals surface area contributed by atoms with E-state index in [1.165, 1.54) is 0 Å². The Hall–Kier alpha value is -2.12. The van der Waals surface area contributed by atoms with Gasteiger partial charge in [0.2, 0.25) is 0 Å². The lowest BCUT2D eigenvalue weighted by atomic mass is 10.2. The molecule has 1 N–H and O–H groups in total. The molecule has 0 bridgehead atoms. The van der Waals surface area contributed by atoms with Crippen LogP contribution in [0.15, 0.2) is 30.3 Å². The summed E-state index contributed by atoms with van der Waals surface area (Å²) in [5.74, 6) is -0.173. The number of benzene rings is 1. The van der Waals surface area contributed by atoms with Gasteiger partial charge in [-0.15, -0.1) is 0 Å². The van der Waals surface area contributed by atoms with Crippen LogP contribution in [0.25, 0.3) is 0 Å². The summed E-state index contributed by atoms with van der Waals surface area (Å²) in [6.07, 6.45) is 3.00. The third-order valence-electron chi connectivity index (χ3n) is 3.58. The van der Waals surface area contributed by atoms with Gasteiger partial charge in [-0.1, -0.05) is 50.1 Å². The molecule has 1 aromatic carbocycles. The van der Waals surface area contributed by atoms with Crippen molar-refractivity contribution in [3.8, 4) is 0 Å². The van der Waals surface area contributed by atoms with Crippen LogP contribution in [0.4, 0.5) is 4.79 Å². The standard InChI is InChI=1S/C20H31NO6/c1-2-3-5-10-19(22)26-16-15-25-14-13-24-12-11-21-20(23)27-17-18-8-6-4-7-9-18/h4,6-9H,2-3,5,10-17H2,1H3,(H,21,23). The Morgan fingerprint density at radius 2 is 1.59 bits per heavy atom. The van der Waals surface area contributed by atoms with Crippen molar-refractivity contribution in [2.24, 2.45) is 0 Å². The minimum Gasteiger partial charge on any atom is -0.463 e. The van der Waals surface area contributed by atoms with Crippen LogP contribution in [0.3, 0.4) is 0 Å². The first-order chi connectivity index (χ1) is 13.2. The lowest BCUT2D eigenvalue weighted by molar-refractivity contribution is -0.145. The van der Waals surface area contributed by atoms with Crippen LogP contribution < -0.4 is 5.32 Å². The number of hydrogen-bond donors (Lipinski definition) is 1. The molecule has 0 spiro atoms. The Morgan fingerprint density at radius 1 is 0.889 bits per heavy atom. The van der Waals surface area contributed by atoms with Gasteiger partial charge in [0, 0.05) is 13.0 Å². The van der Waals surface area contributed by atoms with Gasteiger partial charge in [0.05, 0.1) is 26.4 Å². The molecule has 7 heteroatoms. The average molecular weight is 381 g/mol. The van der Waals surface area contributed by atoms with Crippen LogP contribution in [0, 0.1) is 0 Å². The number of carbonyl (C=O) groups excluding carboxylic acids is 2. The van der Waals surface area contributed by atoms with E-state index in [9.17, 15) is 9.59 Å². The molecule has 0 saturated carbocycles. The molecule has 0 aliphatic rings. The Kier molecular flexibility index (Phi) is 13.7. The molecule has 0 aliphatic carbocycles. The summed E-state index contributed by atoms with van der Waals surface area (Å²) < 4.78 is 20.8. The zero-order valence-corrected chi connectivity index (χ0v) is 16.1. The van der Waals surface area contributed by atoms with Gasteiger partial charge in [0.1, 0.15) is 13.2 Å². The number of carbonyl (C=O) groups is 2. The average Bonchev–Trinajstić information content (AvgIpc) is 2.69. The maximum Gasteiger partial charge on any atom is 0.407 e. The Labute approximate surface area is 161 Å². The smallest absolute Gasteiger partial charge is 0.407 e. The van der Waals surface area contributed by atoms with Crippen molar-refractivity contribution in [3.63, 3.8) is 0 Å². The molecular weight excluding hydrogens is 350 g/mol. The number of ether oxygens (including phenoxy) is 4. The summed E-state index contributed by atoms with van der Waals surface area (Å²) in [6.45, 7) is 4.50. The molecule has 1 rings (SSSR count). The van der Waals surface area contributed by atoms with E-state index in [1.807, 2.05) is 30.3 Å². The summed E-state index contributed by atoms with van der Waals surface area (Å²) in [5, 5.41) is 2.61. The van der Waals surface area contributed by atoms with Crippen LogP contribution >= 0.6 is 0 Å². The molecule has 152 valence electrons. The highest BCUT2D eigenvalue weighted by Gasteiger charge is 2.03. The minimum absolute atomic E-state index is 0.173. The van der Waals surface area contributed by atoms with E-state index in [2.05, 4.69) is 12.2 Å². The molecule has 0 aromatic heterocycles.